The lowest BCUT2D eigenvalue weighted by Crippen LogP contribution is -2.46. The number of aromatic nitrogens is 1. The smallest absolute Gasteiger partial charge is 0.241 e. The Kier molecular flexibility index (Phi) is 8.36. The number of sulfonamides is 1. The van der Waals surface area contributed by atoms with Crippen molar-refractivity contribution in [2.24, 2.45) is 0 Å². The molecule has 7 nitrogen and oxygen atoms in total. The SMILES string of the molecule is COc1ccc(S(=O)(=O)NC(CCSC)C(=O)NCc2cscn2)cc1Cl. The number of amides is 1. The molecule has 0 radical (unpaired) electrons. The normalized spacial score (nSPS) is 12.6. The average molecular weight is 450 g/mol. The van der Waals surface area contributed by atoms with Crippen LogP contribution in [-0.4, -0.2) is 44.5 Å². The van der Waals surface area contributed by atoms with Gasteiger partial charge in [0.05, 0.1) is 34.8 Å². The van der Waals surface area contributed by atoms with Gasteiger partial charge in [-0.25, -0.2) is 13.4 Å². The molecular weight excluding hydrogens is 430 g/mol. The van der Waals surface area contributed by atoms with E-state index in [4.69, 9.17) is 16.3 Å². The second-order valence-corrected chi connectivity index (χ2v) is 9.27. The highest BCUT2D eigenvalue weighted by Gasteiger charge is 2.26. The quantitative estimate of drug-likeness (QED) is 0.578. The van der Waals surface area contributed by atoms with E-state index in [0.717, 1.165) is 5.69 Å². The van der Waals surface area contributed by atoms with Gasteiger partial charge in [-0.15, -0.1) is 11.3 Å². The average Bonchev–Trinajstić information content (AvgIpc) is 3.16. The fourth-order valence-electron chi connectivity index (χ4n) is 2.17. The van der Waals surface area contributed by atoms with Gasteiger partial charge in [-0.3, -0.25) is 4.79 Å². The first-order valence-electron chi connectivity index (χ1n) is 7.87. The first kappa shape index (κ1) is 22.0. The molecule has 0 aliphatic heterocycles. The van der Waals surface area contributed by atoms with Gasteiger partial charge in [0.1, 0.15) is 11.8 Å². The number of hydrogen-bond acceptors (Lipinski definition) is 7. The van der Waals surface area contributed by atoms with Gasteiger partial charge in [-0.2, -0.15) is 16.5 Å². The van der Waals surface area contributed by atoms with Gasteiger partial charge in [-0.1, -0.05) is 11.6 Å². The lowest BCUT2D eigenvalue weighted by molar-refractivity contribution is -0.122. The Morgan fingerprint density at radius 3 is 2.81 bits per heavy atom. The Hall–Kier alpha value is -1.33. The van der Waals surface area contributed by atoms with Crippen LogP contribution in [-0.2, 0) is 21.4 Å². The molecule has 148 valence electrons. The van der Waals surface area contributed by atoms with Crippen LogP contribution in [0.3, 0.4) is 0 Å². The first-order valence-corrected chi connectivity index (χ1v) is 12.1. The van der Waals surface area contributed by atoms with E-state index < -0.39 is 22.0 Å². The van der Waals surface area contributed by atoms with E-state index in [9.17, 15) is 13.2 Å². The minimum Gasteiger partial charge on any atom is -0.495 e. The second kappa shape index (κ2) is 10.3. The lowest BCUT2D eigenvalue weighted by atomic mass is 10.2. The molecule has 1 aromatic heterocycles. The molecule has 0 saturated heterocycles. The summed E-state index contributed by atoms with van der Waals surface area (Å²) in [7, 11) is -2.48. The lowest BCUT2D eigenvalue weighted by Gasteiger charge is -2.18. The third kappa shape index (κ3) is 6.35. The maximum Gasteiger partial charge on any atom is 0.241 e. The van der Waals surface area contributed by atoms with Crippen LogP contribution in [0, 0.1) is 0 Å². The zero-order valence-corrected chi connectivity index (χ0v) is 18.0. The molecule has 1 heterocycles. The largest absolute Gasteiger partial charge is 0.495 e. The van der Waals surface area contributed by atoms with E-state index in [1.54, 1.807) is 5.51 Å². The minimum absolute atomic E-state index is 0.0326. The summed E-state index contributed by atoms with van der Waals surface area (Å²) >= 11 is 8.97. The zero-order chi connectivity index (χ0) is 19.9. The Bertz CT molecular complexity index is 860. The van der Waals surface area contributed by atoms with Crippen molar-refractivity contribution in [1.82, 2.24) is 15.0 Å². The van der Waals surface area contributed by atoms with Crippen LogP contribution in [0.25, 0.3) is 0 Å². The predicted octanol–water partition coefficient (Wildman–Crippen LogP) is 2.52. The number of ether oxygens (including phenoxy) is 1. The molecule has 27 heavy (non-hydrogen) atoms. The molecule has 2 N–H and O–H groups in total. The second-order valence-electron chi connectivity index (χ2n) is 5.45. The van der Waals surface area contributed by atoms with E-state index in [1.165, 1.54) is 48.4 Å². The highest BCUT2D eigenvalue weighted by molar-refractivity contribution is 7.98. The molecule has 0 saturated carbocycles. The number of benzene rings is 1. The highest BCUT2D eigenvalue weighted by Crippen LogP contribution is 2.27. The van der Waals surface area contributed by atoms with Gasteiger partial charge in [-0.05, 0) is 36.6 Å². The van der Waals surface area contributed by atoms with Crippen LogP contribution < -0.4 is 14.8 Å². The van der Waals surface area contributed by atoms with Gasteiger partial charge in [0, 0.05) is 5.38 Å². The summed E-state index contributed by atoms with van der Waals surface area (Å²) in [4.78, 5) is 16.6. The number of carbonyl (C=O) groups is 1. The van der Waals surface area contributed by atoms with Crippen molar-refractivity contribution in [2.45, 2.75) is 23.9 Å². The molecule has 11 heteroatoms. The van der Waals surface area contributed by atoms with E-state index >= 15 is 0 Å². The molecule has 0 aliphatic carbocycles. The van der Waals surface area contributed by atoms with Crippen molar-refractivity contribution in [1.29, 1.82) is 0 Å². The number of methoxy groups -OCH3 is 1. The van der Waals surface area contributed by atoms with Gasteiger partial charge in [0.2, 0.25) is 15.9 Å². The number of hydrogen-bond donors (Lipinski definition) is 2. The van der Waals surface area contributed by atoms with Crippen LogP contribution in [0.4, 0.5) is 0 Å². The van der Waals surface area contributed by atoms with Crippen LogP contribution >= 0.6 is 34.7 Å². The maximum atomic E-state index is 12.7. The molecule has 1 aromatic carbocycles. The number of carbonyl (C=O) groups excluding carboxylic acids is 1. The van der Waals surface area contributed by atoms with Crippen LogP contribution in [0.2, 0.25) is 5.02 Å². The Morgan fingerprint density at radius 1 is 1.44 bits per heavy atom. The summed E-state index contributed by atoms with van der Waals surface area (Å²) in [6.45, 7) is 0.244. The number of rotatable bonds is 10. The molecule has 0 fully saturated rings. The third-order valence-corrected chi connectivity index (χ3v) is 6.63. The van der Waals surface area contributed by atoms with Crippen molar-refractivity contribution < 1.29 is 17.9 Å². The number of nitrogens with zero attached hydrogens (tertiary/aromatic N) is 1. The topological polar surface area (TPSA) is 97.4 Å². The molecule has 1 atom stereocenters. The van der Waals surface area contributed by atoms with Crippen LogP contribution in [0.1, 0.15) is 12.1 Å². The fraction of sp³-hybridized carbons (Fsp3) is 0.375. The van der Waals surface area contributed by atoms with Crippen molar-refractivity contribution >= 4 is 50.6 Å². The van der Waals surface area contributed by atoms with Crippen molar-refractivity contribution in [2.75, 3.05) is 19.1 Å². The summed E-state index contributed by atoms with van der Waals surface area (Å²) in [5.74, 6) is 0.594. The van der Waals surface area contributed by atoms with Crippen LogP contribution in [0.15, 0.2) is 34.0 Å². The van der Waals surface area contributed by atoms with Crippen molar-refractivity contribution in [3.63, 3.8) is 0 Å². The van der Waals surface area contributed by atoms with E-state index in [0.29, 0.717) is 17.9 Å². The molecule has 0 aliphatic rings. The van der Waals surface area contributed by atoms with E-state index in [-0.39, 0.29) is 16.5 Å². The molecule has 0 bridgehead atoms. The van der Waals surface area contributed by atoms with Crippen molar-refractivity contribution in [3.8, 4) is 5.75 Å². The van der Waals surface area contributed by atoms with Gasteiger partial charge < -0.3 is 10.1 Å². The highest BCUT2D eigenvalue weighted by atomic mass is 35.5. The predicted molar refractivity (Wildman–Crippen MR) is 109 cm³/mol. The molecule has 0 spiro atoms. The molecule has 1 amide bonds. The van der Waals surface area contributed by atoms with Crippen molar-refractivity contribution in [3.05, 3.63) is 39.8 Å². The standard InChI is InChI=1S/C16H20ClN3O4S3/c1-24-15-4-3-12(7-13(15)17)27(22,23)20-14(5-6-25-2)16(21)18-8-11-9-26-10-19-11/h3-4,7,9-10,14,20H,5-6,8H2,1-2H3,(H,18,21). The monoisotopic (exact) mass is 449 g/mol. The van der Waals surface area contributed by atoms with E-state index in [1.807, 2.05) is 11.6 Å². The summed E-state index contributed by atoms with van der Waals surface area (Å²) < 4.78 is 32.9. The van der Waals surface area contributed by atoms with Gasteiger partial charge in [0.15, 0.2) is 0 Å². The maximum absolute atomic E-state index is 12.7. The summed E-state index contributed by atoms with van der Waals surface area (Å²) in [5.41, 5.74) is 2.39. The van der Waals surface area contributed by atoms with Gasteiger partial charge in [0.25, 0.3) is 0 Å². The molecule has 1 unspecified atom stereocenters. The number of thioether (sulfide) groups is 1. The number of nitrogens with one attached hydrogen (secondary N) is 2. The summed E-state index contributed by atoms with van der Waals surface area (Å²) in [5, 5.41) is 4.72. The Balaban J connectivity index is 2.12. The molecule has 2 aromatic rings. The molecular formula is C16H20ClN3O4S3. The van der Waals surface area contributed by atoms with E-state index in [2.05, 4.69) is 15.0 Å². The number of halogens is 1. The Labute approximate surface area is 171 Å². The molecule has 2 rings (SSSR count). The minimum atomic E-state index is -3.93. The number of thiazole rings is 1. The summed E-state index contributed by atoms with van der Waals surface area (Å²) in [6, 6.07) is 3.24. The Morgan fingerprint density at radius 2 is 2.22 bits per heavy atom. The van der Waals surface area contributed by atoms with Gasteiger partial charge >= 0.3 is 0 Å². The summed E-state index contributed by atoms with van der Waals surface area (Å²) in [6.07, 6.45) is 2.25. The fourth-order valence-corrected chi connectivity index (χ4v) is 4.78. The van der Waals surface area contributed by atoms with Crippen LogP contribution in [0.5, 0.6) is 5.75 Å². The first-order chi connectivity index (χ1) is 12.9. The zero-order valence-electron chi connectivity index (χ0n) is 14.8. The third-order valence-electron chi connectivity index (χ3n) is 3.59.